The van der Waals surface area contributed by atoms with Gasteiger partial charge in [0.05, 0.1) is 6.20 Å². The highest BCUT2D eigenvalue weighted by molar-refractivity contribution is 9.10. The van der Waals surface area contributed by atoms with Crippen LogP contribution < -0.4 is 4.74 Å². The van der Waals surface area contributed by atoms with Gasteiger partial charge in [-0.3, -0.25) is 9.78 Å². The van der Waals surface area contributed by atoms with E-state index in [1.54, 1.807) is 36.7 Å². The van der Waals surface area contributed by atoms with Crippen LogP contribution in [0.25, 0.3) is 0 Å². The van der Waals surface area contributed by atoms with Crippen LogP contribution in [0.3, 0.4) is 0 Å². The molecule has 1 aromatic heterocycles. The van der Waals surface area contributed by atoms with Crippen LogP contribution in [0.1, 0.15) is 17.3 Å². The third kappa shape index (κ3) is 3.14. The van der Waals surface area contributed by atoms with Crippen LogP contribution in [-0.4, -0.2) is 10.8 Å². The molecule has 0 spiro atoms. The van der Waals surface area contributed by atoms with E-state index in [4.69, 9.17) is 4.74 Å². The summed E-state index contributed by atoms with van der Waals surface area (Å²) in [6.45, 7) is 1.54. The first-order chi connectivity index (χ1) is 8.15. The zero-order valence-electron chi connectivity index (χ0n) is 9.18. The fourth-order valence-corrected chi connectivity index (χ4v) is 1.69. The summed E-state index contributed by atoms with van der Waals surface area (Å²) >= 11 is 3.32. The highest BCUT2D eigenvalue weighted by atomic mass is 79.9. The van der Waals surface area contributed by atoms with Crippen LogP contribution in [0.15, 0.2) is 47.2 Å². The van der Waals surface area contributed by atoms with Gasteiger partial charge in [-0.2, -0.15) is 0 Å². The Labute approximate surface area is 108 Å². The molecular formula is C13H10BrNO2. The topological polar surface area (TPSA) is 39.2 Å². The minimum atomic E-state index is 0.0423. The van der Waals surface area contributed by atoms with E-state index in [0.717, 1.165) is 4.47 Å². The number of benzene rings is 1. The lowest BCUT2D eigenvalue weighted by Gasteiger charge is -2.05. The van der Waals surface area contributed by atoms with Crippen molar-refractivity contribution >= 4 is 21.7 Å². The number of rotatable bonds is 3. The van der Waals surface area contributed by atoms with E-state index in [2.05, 4.69) is 20.9 Å². The first kappa shape index (κ1) is 11.8. The molecular weight excluding hydrogens is 282 g/mol. The van der Waals surface area contributed by atoms with Crippen LogP contribution in [0.4, 0.5) is 0 Å². The van der Waals surface area contributed by atoms with Crippen LogP contribution >= 0.6 is 15.9 Å². The Morgan fingerprint density at radius 1 is 1.18 bits per heavy atom. The van der Waals surface area contributed by atoms with Gasteiger partial charge in [0, 0.05) is 16.2 Å². The van der Waals surface area contributed by atoms with Gasteiger partial charge in [0.2, 0.25) is 0 Å². The first-order valence-electron chi connectivity index (χ1n) is 5.04. The second kappa shape index (κ2) is 5.10. The number of hydrogen-bond donors (Lipinski definition) is 0. The number of carbonyl (C=O) groups is 1. The summed E-state index contributed by atoms with van der Waals surface area (Å²) in [6.07, 6.45) is 3.31. The maximum absolute atomic E-state index is 11.1. The molecule has 86 valence electrons. The molecule has 0 amide bonds. The first-order valence-corrected chi connectivity index (χ1v) is 5.84. The molecule has 2 aromatic rings. The molecule has 0 aliphatic carbocycles. The van der Waals surface area contributed by atoms with Gasteiger partial charge in [0.1, 0.15) is 11.5 Å². The summed E-state index contributed by atoms with van der Waals surface area (Å²) in [6, 6.07) is 8.83. The van der Waals surface area contributed by atoms with Crippen molar-refractivity contribution in [1.82, 2.24) is 4.98 Å². The molecule has 0 aliphatic rings. The molecule has 0 aliphatic heterocycles. The van der Waals surface area contributed by atoms with Gasteiger partial charge in [0.15, 0.2) is 5.78 Å². The van der Waals surface area contributed by atoms with Gasteiger partial charge < -0.3 is 4.74 Å². The van der Waals surface area contributed by atoms with Crippen molar-refractivity contribution in [2.24, 2.45) is 0 Å². The zero-order valence-corrected chi connectivity index (χ0v) is 10.8. The molecule has 1 aromatic carbocycles. The van der Waals surface area contributed by atoms with Gasteiger partial charge in [0.25, 0.3) is 0 Å². The SMILES string of the molecule is CC(=O)c1ccc(Oc2cncc(Br)c2)cc1. The zero-order chi connectivity index (χ0) is 12.3. The second-order valence-electron chi connectivity index (χ2n) is 3.52. The monoisotopic (exact) mass is 291 g/mol. The third-order valence-corrected chi connectivity index (χ3v) is 2.61. The predicted octanol–water partition coefficient (Wildman–Crippen LogP) is 3.84. The van der Waals surface area contributed by atoms with Crippen LogP contribution in [0.2, 0.25) is 0 Å². The summed E-state index contributed by atoms with van der Waals surface area (Å²) in [5.41, 5.74) is 0.671. The standard InChI is InChI=1S/C13H10BrNO2/c1-9(16)10-2-4-12(5-3-10)17-13-6-11(14)7-15-8-13/h2-8H,1H3. The van der Waals surface area contributed by atoms with E-state index in [1.807, 2.05) is 6.07 Å². The average Bonchev–Trinajstić information content (AvgIpc) is 2.29. The van der Waals surface area contributed by atoms with Gasteiger partial charge in [-0.25, -0.2) is 0 Å². The van der Waals surface area contributed by atoms with E-state index in [9.17, 15) is 4.79 Å². The molecule has 2 rings (SSSR count). The van der Waals surface area contributed by atoms with E-state index >= 15 is 0 Å². The molecule has 3 nitrogen and oxygen atoms in total. The molecule has 0 saturated carbocycles. The number of ketones is 1. The normalized spacial score (nSPS) is 10.0. The molecule has 0 saturated heterocycles. The number of ether oxygens (including phenoxy) is 1. The van der Waals surface area contributed by atoms with Crippen molar-refractivity contribution < 1.29 is 9.53 Å². The summed E-state index contributed by atoms with van der Waals surface area (Å²) in [4.78, 5) is 15.1. The average molecular weight is 292 g/mol. The van der Waals surface area contributed by atoms with Crippen molar-refractivity contribution in [2.75, 3.05) is 0 Å². The number of pyridine rings is 1. The van der Waals surface area contributed by atoms with Crippen LogP contribution in [-0.2, 0) is 0 Å². The summed E-state index contributed by atoms with van der Waals surface area (Å²) in [7, 11) is 0. The lowest BCUT2D eigenvalue weighted by atomic mass is 10.1. The number of carbonyl (C=O) groups excluding carboxylic acids is 1. The predicted molar refractivity (Wildman–Crippen MR) is 68.5 cm³/mol. The van der Waals surface area contributed by atoms with Crippen LogP contribution in [0, 0.1) is 0 Å². The van der Waals surface area contributed by atoms with E-state index < -0.39 is 0 Å². The van der Waals surface area contributed by atoms with Gasteiger partial charge in [-0.05, 0) is 53.2 Å². The maximum Gasteiger partial charge on any atom is 0.159 e. The van der Waals surface area contributed by atoms with Gasteiger partial charge in [-0.1, -0.05) is 0 Å². The van der Waals surface area contributed by atoms with Gasteiger partial charge in [-0.15, -0.1) is 0 Å². The Morgan fingerprint density at radius 3 is 2.47 bits per heavy atom. The molecule has 0 N–H and O–H groups in total. The highest BCUT2D eigenvalue weighted by Gasteiger charge is 2.01. The molecule has 17 heavy (non-hydrogen) atoms. The number of hydrogen-bond acceptors (Lipinski definition) is 3. The fraction of sp³-hybridized carbons (Fsp3) is 0.0769. The van der Waals surface area contributed by atoms with E-state index in [1.165, 1.54) is 6.92 Å². The summed E-state index contributed by atoms with van der Waals surface area (Å²) in [5, 5.41) is 0. The molecule has 1 heterocycles. The lowest BCUT2D eigenvalue weighted by molar-refractivity contribution is 0.101. The molecule has 0 bridgehead atoms. The number of nitrogens with zero attached hydrogens (tertiary/aromatic N) is 1. The van der Waals surface area contributed by atoms with E-state index in [-0.39, 0.29) is 5.78 Å². The molecule has 0 unspecified atom stereocenters. The summed E-state index contributed by atoms with van der Waals surface area (Å²) in [5.74, 6) is 1.37. The maximum atomic E-state index is 11.1. The quantitative estimate of drug-likeness (QED) is 0.807. The minimum absolute atomic E-state index is 0.0423. The Morgan fingerprint density at radius 2 is 1.88 bits per heavy atom. The second-order valence-corrected chi connectivity index (χ2v) is 4.44. The Hall–Kier alpha value is -1.68. The Bertz CT molecular complexity index is 537. The smallest absolute Gasteiger partial charge is 0.159 e. The van der Waals surface area contributed by atoms with Crippen molar-refractivity contribution in [1.29, 1.82) is 0 Å². The van der Waals surface area contributed by atoms with Crippen molar-refractivity contribution in [2.45, 2.75) is 6.92 Å². The molecule has 0 atom stereocenters. The molecule has 0 radical (unpaired) electrons. The highest BCUT2D eigenvalue weighted by Crippen LogP contribution is 2.23. The van der Waals surface area contributed by atoms with Crippen molar-refractivity contribution in [3.63, 3.8) is 0 Å². The van der Waals surface area contributed by atoms with Crippen LogP contribution in [0.5, 0.6) is 11.5 Å². The number of aromatic nitrogens is 1. The Kier molecular flexibility index (Phi) is 3.54. The van der Waals surface area contributed by atoms with Gasteiger partial charge >= 0.3 is 0 Å². The fourth-order valence-electron chi connectivity index (χ4n) is 1.34. The largest absolute Gasteiger partial charge is 0.456 e. The van der Waals surface area contributed by atoms with Crippen molar-refractivity contribution in [3.05, 3.63) is 52.8 Å². The molecule has 4 heteroatoms. The van der Waals surface area contributed by atoms with E-state index in [0.29, 0.717) is 17.1 Å². The summed E-state index contributed by atoms with van der Waals surface area (Å²) < 4.78 is 6.45. The lowest BCUT2D eigenvalue weighted by Crippen LogP contribution is -1.91. The number of halogens is 1. The number of Topliss-reactive ketones (excluding diaryl/α,β-unsaturated/α-hetero) is 1. The molecule has 0 fully saturated rings. The minimum Gasteiger partial charge on any atom is -0.456 e. The van der Waals surface area contributed by atoms with Crippen molar-refractivity contribution in [3.8, 4) is 11.5 Å². The Balaban J connectivity index is 2.16. The third-order valence-electron chi connectivity index (χ3n) is 2.18.